The van der Waals surface area contributed by atoms with E-state index in [0.717, 1.165) is 32.1 Å². The maximum Gasteiger partial charge on any atom is 0.490 e. The minimum atomic E-state index is -4.96. The first kappa shape index (κ1) is 26.1. The zero-order chi connectivity index (χ0) is 26.5. The largest absolute Gasteiger partial charge is 0.490 e. The number of hydrogen-bond donors (Lipinski definition) is 0. The van der Waals surface area contributed by atoms with Gasteiger partial charge in [-0.05, 0) is 80.0 Å². The molecule has 4 aliphatic carbocycles. The predicted molar refractivity (Wildman–Crippen MR) is 128 cm³/mol. The summed E-state index contributed by atoms with van der Waals surface area (Å²) in [6, 6.07) is 0. The Hall–Kier alpha value is -1.15. The third-order valence-corrected chi connectivity index (χ3v) is 12.3. The fraction of sp³-hybridized carbons (Fsp3) is 0.931. The van der Waals surface area contributed by atoms with Crippen molar-refractivity contribution in [3.8, 4) is 0 Å². The maximum atomic E-state index is 14.1. The second kappa shape index (κ2) is 8.42. The molecule has 4 saturated carbocycles. The van der Waals surface area contributed by atoms with Gasteiger partial charge in [0.15, 0.2) is 5.79 Å². The third kappa shape index (κ3) is 3.70. The van der Waals surface area contributed by atoms with Crippen molar-refractivity contribution in [2.75, 3.05) is 6.61 Å². The van der Waals surface area contributed by atoms with Gasteiger partial charge in [-0.3, -0.25) is 4.79 Å². The predicted octanol–water partition coefficient (Wildman–Crippen LogP) is 6.09. The number of hydrogen-bond acceptors (Lipinski definition) is 5. The zero-order valence-electron chi connectivity index (χ0n) is 22.4. The smallest absolute Gasteiger partial charge is 0.456 e. The minimum Gasteiger partial charge on any atom is -0.456 e. The summed E-state index contributed by atoms with van der Waals surface area (Å²) in [7, 11) is 0. The molecule has 1 spiro atoms. The molecule has 5 nitrogen and oxygen atoms in total. The van der Waals surface area contributed by atoms with Crippen molar-refractivity contribution in [1.82, 2.24) is 0 Å². The number of halogens is 3. The number of rotatable bonds is 1. The molecule has 2 heterocycles. The van der Waals surface area contributed by atoms with Gasteiger partial charge in [0.1, 0.15) is 11.9 Å². The molecule has 0 amide bonds. The van der Waals surface area contributed by atoms with Crippen molar-refractivity contribution in [2.45, 2.75) is 110 Å². The Bertz CT molecular complexity index is 958. The molecular weight excluding hydrogens is 485 g/mol. The first-order chi connectivity index (χ1) is 17.3. The second-order valence-corrected chi connectivity index (χ2v) is 13.8. The molecule has 6 fully saturated rings. The van der Waals surface area contributed by atoms with E-state index in [-0.39, 0.29) is 41.1 Å². The van der Waals surface area contributed by atoms with E-state index in [2.05, 4.69) is 27.7 Å². The molecule has 0 radical (unpaired) electrons. The summed E-state index contributed by atoms with van der Waals surface area (Å²) in [5, 5.41) is 0. The highest BCUT2D eigenvalue weighted by Gasteiger charge is 2.71. The van der Waals surface area contributed by atoms with Crippen molar-refractivity contribution < 1.29 is 37.0 Å². The highest BCUT2D eigenvalue weighted by molar-refractivity contribution is 5.87. The molecule has 0 aromatic heterocycles. The van der Waals surface area contributed by atoms with Gasteiger partial charge in [-0.25, -0.2) is 4.79 Å². The Morgan fingerprint density at radius 2 is 1.78 bits per heavy atom. The molecule has 8 heteroatoms. The minimum absolute atomic E-state index is 0.0455. The van der Waals surface area contributed by atoms with Crippen molar-refractivity contribution >= 4 is 11.8 Å². The number of ether oxygens (including phenoxy) is 3. The van der Waals surface area contributed by atoms with Crippen LogP contribution < -0.4 is 0 Å². The van der Waals surface area contributed by atoms with Gasteiger partial charge in [-0.2, -0.15) is 13.2 Å². The van der Waals surface area contributed by atoms with Gasteiger partial charge in [-0.1, -0.05) is 27.7 Å². The summed E-state index contributed by atoms with van der Waals surface area (Å²) in [4.78, 5) is 25.6. The van der Waals surface area contributed by atoms with Gasteiger partial charge in [0.05, 0.1) is 12.7 Å². The normalized spacial score (nSPS) is 53.3. The van der Waals surface area contributed by atoms with Gasteiger partial charge < -0.3 is 14.2 Å². The molecule has 7 unspecified atom stereocenters. The molecule has 12 atom stereocenters. The average molecular weight is 527 g/mol. The number of alkyl halides is 3. The molecule has 0 aromatic carbocycles. The van der Waals surface area contributed by atoms with E-state index < -0.39 is 29.5 Å². The summed E-state index contributed by atoms with van der Waals surface area (Å²) in [6.07, 6.45) is 1.28. The Kier molecular flexibility index (Phi) is 5.94. The second-order valence-electron chi connectivity index (χ2n) is 13.8. The van der Waals surface area contributed by atoms with E-state index in [1.807, 2.05) is 0 Å². The van der Waals surface area contributed by atoms with E-state index in [1.165, 1.54) is 0 Å². The van der Waals surface area contributed by atoms with Crippen LogP contribution in [-0.2, 0) is 23.8 Å². The fourth-order valence-electron chi connectivity index (χ4n) is 10.2. The number of ketones is 1. The summed E-state index contributed by atoms with van der Waals surface area (Å²) in [5.74, 6) is -0.331. The van der Waals surface area contributed by atoms with Crippen molar-refractivity contribution in [1.29, 1.82) is 0 Å². The van der Waals surface area contributed by atoms with Gasteiger partial charge >= 0.3 is 12.1 Å². The number of Topliss-reactive ketones (excluding diaryl/α,β-unsaturated/α-hetero) is 1. The van der Waals surface area contributed by atoms with E-state index >= 15 is 0 Å². The molecular formula is C29H41F3O5. The third-order valence-electron chi connectivity index (χ3n) is 12.3. The van der Waals surface area contributed by atoms with Crippen LogP contribution in [0.25, 0.3) is 0 Å². The zero-order valence-corrected chi connectivity index (χ0v) is 22.4. The Labute approximate surface area is 217 Å². The van der Waals surface area contributed by atoms with Gasteiger partial charge in [0.2, 0.25) is 0 Å². The quantitative estimate of drug-likeness (QED) is 0.387. The molecule has 2 aliphatic heterocycles. The lowest BCUT2D eigenvalue weighted by Crippen LogP contribution is -2.58. The summed E-state index contributed by atoms with van der Waals surface area (Å²) < 4.78 is 56.3. The van der Waals surface area contributed by atoms with Crippen LogP contribution >= 0.6 is 0 Å². The van der Waals surface area contributed by atoms with Crippen LogP contribution in [0.3, 0.4) is 0 Å². The molecule has 2 saturated heterocycles. The van der Waals surface area contributed by atoms with E-state index in [0.29, 0.717) is 49.9 Å². The topological polar surface area (TPSA) is 61.8 Å². The highest BCUT2D eigenvalue weighted by Crippen LogP contribution is 2.70. The van der Waals surface area contributed by atoms with Gasteiger partial charge in [-0.15, -0.1) is 0 Å². The summed E-state index contributed by atoms with van der Waals surface area (Å²) in [6.45, 7) is 9.59. The van der Waals surface area contributed by atoms with E-state index in [9.17, 15) is 22.8 Å². The highest BCUT2D eigenvalue weighted by atomic mass is 19.4. The van der Waals surface area contributed by atoms with Crippen LogP contribution in [0.1, 0.15) is 85.5 Å². The van der Waals surface area contributed by atoms with E-state index in [4.69, 9.17) is 14.2 Å². The van der Waals surface area contributed by atoms with Crippen LogP contribution in [0.4, 0.5) is 13.2 Å². The molecule has 208 valence electrons. The van der Waals surface area contributed by atoms with Gasteiger partial charge in [0.25, 0.3) is 0 Å². The summed E-state index contributed by atoms with van der Waals surface area (Å²) in [5.41, 5.74) is -0.529. The number of fused-ring (bicyclic) bond motifs is 7. The first-order valence-corrected chi connectivity index (χ1v) is 14.4. The lowest BCUT2D eigenvalue weighted by atomic mass is 9.44. The summed E-state index contributed by atoms with van der Waals surface area (Å²) >= 11 is 0. The molecule has 6 rings (SSSR count). The fourth-order valence-corrected chi connectivity index (χ4v) is 10.2. The van der Waals surface area contributed by atoms with Crippen molar-refractivity contribution in [3.63, 3.8) is 0 Å². The Balaban J connectivity index is 1.20. The van der Waals surface area contributed by atoms with Crippen molar-refractivity contribution in [2.24, 2.45) is 52.3 Å². The van der Waals surface area contributed by atoms with Crippen LogP contribution in [0.2, 0.25) is 0 Å². The van der Waals surface area contributed by atoms with Crippen LogP contribution in [0.5, 0.6) is 0 Å². The van der Waals surface area contributed by atoms with Gasteiger partial charge in [0, 0.05) is 30.1 Å². The van der Waals surface area contributed by atoms with E-state index in [1.54, 1.807) is 0 Å². The lowest BCUT2D eigenvalue weighted by Gasteiger charge is -2.60. The number of esters is 1. The van der Waals surface area contributed by atoms with Crippen LogP contribution in [0, 0.1) is 52.3 Å². The Morgan fingerprint density at radius 3 is 2.46 bits per heavy atom. The molecule has 37 heavy (non-hydrogen) atoms. The maximum absolute atomic E-state index is 14.1. The standard InChI is InChI=1S/C29H41F3O5/c1-15-7-10-28(35-14-15)16(2)24-22(37-28)12-21-19-6-5-17-11-18(36-25(34)29(30,31)32)8-9-26(17,3)20(19)13-23(33)27(21,24)4/h15-22,24H,5-14H2,1-4H3/t15?,16-,17?,18-,19?,20?,21?,22?,24?,26-,27+,28+/m0/s1. The molecule has 6 aliphatic rings. The molecule has 0 aromatic rings. The average Bonchev–Trinajstić information content (AvgIpc) is 3.27. The lowest BCUT2D eigenvalue weighted by molar-refractivity contribution is -0.272. The monoisotopic (exact) mass is 526 g/mol. The van der Waals surface area contributed by atoms with Crippen LogP contribution in [-0.4, -0.2) is 42.5 Å². The first-order valence-electron chi connectivity index (χ1n) is 14.4. The Morgan fingerprint density at radius 1 is 1.03 bits per heavy atom. The SMILES string of the molecule is CC1CC[C@@]2(OC1)OC1CC3C4CCC5C[C@@H](OC(=O)C(F)(F)F)CC[C@]5(C)C4CC(=O)[C@]3(C)C1[C@@H]2C. The molecule has 0 N–H and O–H groups in total. The van der Waals surface area contributed by atoms with Crippen molar-refractivity contribution in [3.05, 3.63) is 0 Å². The van der Waals surface area contributed by atoms with Crippen LogP contribution in [0.15, 0.2) is 0 Å². The number of carbonyl (C=O) groups excluding carboxylic acids is 2. The number of carbonyl (C=O) groups is 2. The molecule has 0 bridgehead atoms.